The van der Waals surface area contributed by atoms with Gasteiger partial charge in [0.25, 0.3) is 5.91 Å². The summed E-state index contributed by atoms with van der Waals surface area (Å²) < 4.78 is 0.799. The van der Waals surface area contributed by atoms with Crippen LogP contribution < -0.4 is 11.1 Å². The zero-order valence-electron chi connectivity index (χ0n) is 10.6. The fourth-order valence-corrected chi connectivity index (χ4v) is 2.15. The standard InChI is InChI=1S/C15H15BrN2O/c1-10-2-7-14(16)13(8-10)15(19)18-9-11-3-5-12(17)6-4-11/h2-8H,9,17H2,1H3,(H,18,19). The van der Waals surface area contributed by atoms with Crippen molar-refractivity contribution in [2.75, 3.05) is 5.73 Å². The number of nitrogens with one attached hydrogen (secondary N) is 1. The topological polar surface area (TPSA) is 55.1 Å². The molecule has 2 aromatic carbocycles. The molecule has 19 heavy (non-hydrogen) atoms. The second-order valence-corrected chi connectivity index (χ2v) is 5.26. The summed E-state index contributed by atoms with van der Waals surface area (Å²) in [7, 11) is 0. The lowest BCUT2D eigenvalue weighted by Gasteiger charge is -2.08. The van der Waals surface area contributed by atoms with Crippen LogP contribution in [0.3, 0.4) is 0 Å². The third kappa shape index (κ3) is 3.58. The predicted molar refractivity (Wildman–Crippen MR) is 80.9 cm³/mol. The highest BCUT2D eigenvalue weighted by Gasteiger charge is 2.09. The summed E-state index contributed by atoms with van der Waals surface area (Å²) in [6.45, 7) is 2.45. The number of halogens is 1. The molecule has 0 saturated carbocycles. The van der Waals surface area contributed by atoms with Gasteiger partial charge >= 0.3 is 0 Å². The lowest BCUT2D eigenvalue weighted by atomic mass is 10.1. The molecule has 0 heterocycles. The zero-order valence-corrected chi connectivity index (χ0v) is 12.2. The number of aryl methyl sites for hydroxylation is 1. The summed E-state index contributed by atoms with van der Waals surface area (Å²) >= 11 is 3.39. The Morgan fingerprint density at radius 3 is 2.58 bits per heavy atom. The van der Waals surface area contributed by atoms with E-state index in [-0.39, 0.29) is 5.91 Å². The van der Waals surface area contributed by atoms with Crippen molar-refractivity contribution in [3.8, 4) is 0 Å². The van der Waals surface area contributed by atoms with E-state index in [1.54, 1.807) is 0 Å². The van der Waals surface area contributed by atoms with Crippen LogP contribution in [-0.2, 0) is 6.54 Å². The quantitative estimate of drug-likeness (QED) is 0.853. The van der Waals surface area contributed by atoms with Crippen LogP contribution in [-0.4, -0.2) is 5.91 Å². The molecule has 0 unspecified atom stereocenters. The second kappa shape index (κ2) is 5.89. The van der Waals surface area contributed by atoms with Crippen molar-refractivity contribution in [3.63, 3.8) is 0 Å². The van der Waals surface area contributed by atoms with Crippen LogP contribution in [0, 0.1) is 6.92 Å². The van der Waals surface area contributed by atoms with E-state index in [0.717, 1.165) is 21.3 Å². The fourth-order valence-electron chi connectivity index (χ4n) is 1.73. The third-order valence-electron chi connectivity index (χ3n) is 2.80. The largest absolute Gasteiger partial charge is 0.399 e. The Hall–Kier alpha value is -1.81. The molecule has 3 nitrogen and oxygen atoms in total. The molecule has 0 bridgehead atoms. The first-order valence-corrected chi connectivity index (χ1v) is 6.74. The monoisotopic (exact) mass is 318 g/mol. The van der Waals surface area contributed by atoms with Crippen molar-refractivity contribution < 1.29 is 4.79 Å². The molecule has 1 amide bonds. The van der Waals surface area contributed by atoms with E-state index >= 15 is 0 Å². The van der Waals surface area contributed by atoms with Gasteiger partial charge in [0.2, 0.25) is 0 Å². The van der Waals surface area contributed by atoms with Gasteiger partial charge in [0.15, 0.2) is 0 Å². The highest BCUT2D eigenvalue weighted by atomic mass is 79.9. The molecular weight excluding hydrogens is 304 g/mol. The number of hydrogen-bond donors (Lipinski definition) is 2. The van der Waals surface area contributed by atoms with Gasteiger partial charge in [-0.1, -0.05) is 23.8 Å². The first-order chi connectivity index (χ1) is 9.06. The van der Waals surface area contributed by atoms with E-state index < -0.39 is 0 Å². The number of nitrogens with two attached hydrogens (primary N) is 1. The normalized spacial score (nSPS) is 10.2. The Labute approximate surface area is 121 Å². The molecule has 0 aliphatic carbocycles. The number of anilines is 1. The second-order valence-electron chi connectivity index (χ2n) is 4.41. The van der Waals surface area contributed by atoms with Gasteiger partial charge in [-0.3, -0.25) is 4.79 Å². The van der Waals surface area contributed by atoms with Crippen LogP contribution in [0.2, 0.25) is 0 Å². The first kappa shape index (κ1) is 13.6. The van der Waals surface area contributed by atoms with E-state index in [4.69, 9.17) is 5.73 Å². The van der Waals surface area contributed by atoms with E-state index in [2.05, 4.69) is 21.2 Å². The SMILES string of the molecule is Cc1ccc(Br)c(C(=O)NCc2ccc(N)cc2)c1. The van der Waals surface area contributed by atoms with Crippen molar-refractivity contribution >= 4 is 27.5 Å². The first-order valence-electron chi connectivity index (χ1n) is 5.95. The number of benzene rings is 2. The van der Waals surface area contributed by atoms with Crippen molar-refractivity contribution in [1.29, 1.82) is 0 Å². The van der Waals surface area contributed by atoms with Crippen LogP contribution in [0.15, 0.2) is 46.9 Å². The van der Waals surface area contributed by atoms with Crippen LogP contribution >= 0.6 is 15.9 Å². The number of carbonyl (C=O) groups is 1. The van der Waals surface area contributed by atoms with Crippen molar-refractivity contribution in [2.45, 2.75) is 13.5 Å². The number of nitrogen functional groups attached to an aromatic ring is 1. The van der Waals surface area contributed by atoms with E-state index in [9.17, 15) is 4.79 Å². The molecule has 4 heteroatoms. The summed E-state index contributed by atoms with van der Waals surface area (Å²) in [4.78, 5) is 12.1. The van der Waals surface area contributed by atoms with E-state index in [1.807, 2.05) is 49.4 Å². The lowest BCUT2D eigenvalue weighted by molar-refractivity contribution is 0.0950. The Morgan fingerprint density at radius 2 is 1.89 bits per heavy atom. The molecule has 3 N–H and O–H groups in total. The molecule has 0 radical (unpaired) electrons. The minimum Gasteiger partial charge on any atom is -0.399 e. The Kier molecular flexibility index (Phi) is 4.22. The van der Waals surface area contributed by atoms with Gasteiger partial charge in [0.1, 0.15) is 0 Å². The van der Waals surface area contributed by atoms with Crippen LogP contribution in [0.1, 0.15) is 21.5 Å². The van der Waals surface area contributed by atoms with Crippen LogP contribution in [0.5, 0.6) is 0 Å². The highest BCUT2D eigenvalue weighted by Crippen LogP contribution is 2.18. The van der Waals surface area contributed by atoms with Gasteiger partial charge in [0, 0.05) is 16.7 Å². The Balaban J connectivity index is 2.05. The summed E-state index contributed by atoms with van der Waals surface area (Å²) in [5.74, 6) is -0.0904. The molecular formula is C15H15BrN2O. The number of carbonyl (C=O) groups excluding carboxylic acids is 1. The molecule has 0 aliphatic rings. The minimum absolute atomic E-state index is 0.0904. The van der Waals surface area contributed by atoms with E-state index in [1.165, 1.54) is 0 Å². The lowest BCUT2D eigenvalue weighted by Crippen LogP contribution is -2.23. The maximum absolute atomic E-state index is 12.1. The van der Waals surface area contributed by atoms with Crippen molar-refractivity contribution in [2.24, 2.45) is 0 Å². The average Bonchev–Trinajstić information content (AvgIpc) is 2.40. The molecule has 0 spiro atoms. The number of rotatable bonds is 3. The number of amides is 1. The van der Waals surface area contributed by atoms with Crippen LogP contribution in [0.25, 0.3) is 0 Å². The zero-order chi connectivity index (χ0) is 13.8. The van der Waals surface area contributed by atoms with E-state index in [0.29, 0.717) is 12.1 Å². The minimum atomic E-state index is -0.0904. The Morgan fingerprint density at radius 1 is 1.21 bits per heavy atom. The fraction of sp³-hybridized carbons (Fsp3) is 0.133. The predicted octanol–water partition coefficient (Wildman–Crippen LogP) is 3.27. The molecule has 0 fully saturated rings. The maximum atomic E-state index is 12.1. The Bertz CT molecular complexity index is 594. The molecule has 0 aliphatic heterocycles. The van der Waals surface area contributed by atoms with Crippen molar-refractivity contribution in [1.82, 2.24) is 5.32 Å². The van der Waals surface area contributed by atoms with Gasteiger partial charge in [-0.05, 0) is 52.7 Å². The third-order valence-corrected chi connectivity index (χ3v) is 3.49. The maximum Gasteiger partial charge on any atom is 0.252 e. The summed E-state index contributed by atoms with van der Waals surface area (Å²) in [5.41, 5.74) is 9.06. The molecule has 0 saturated heterocycles. The molecule has 98 valence electrons. The van der Waals surface area contributed by atoms with Gasteiger partial charge in [0.05, 0.1) is 5.56 Å². The summed E-state index contributed by atoms with van der Waals surface area (Å²) in [6, 6.07) is 13.2. The van der Waals surface area contributed by atoms with Gasteiger partial charge < -0.3 is 11.1 Å². The molecule has 2 rings (SSSR count). The highest BCUT2D eigenvalue weighted by molar-refractivity contribution is 9.10. The molecule has 2 aromatic rings. The van der Waals surface area contributed by atoms with Gasteiger partial charge in [-0.15, -0.1) is 0 Å². The smallest absolute Gasteiger partial charge is 0.252 e. The van der Waals surface area contributed by atoms with Crippen LogP contribution in [0.4, 0.5) is 5.69 Å². The number of hydrogen-bond acceptors (Lipinski definition) is 2. The van der Waals surface area contributed by atoms with Gasteiger partial charge in [-0.2, -0.15) is 0 Å². The summed E-state index contributed by atoms with van der Waals surface area (Å²) in [5, 5.41) is 2.89. The molecule has 0 aromatic heterocycles. The molecule has 0 atom stereocenters. The average molecular weight is 319 g/mol. The summed E-state index contributed by atoms with van der Waals surface area (Å²) in [6.07, 6.45) is 0. The van der Waals surface area contributed by atoms with Gasteiger partial charge in [-0.25, -0.2) is 0 Å². The van der Waals surface area contributed by atoms with Crippen molar-refractivity contribution in [3.05, 3.63) is 63.6 Å².